The first kappa shape index (κ1) is 88.4. The van der Waals surface area contributed by atoms with Crippen molar-refractivity contribution in [2.75, 3.05) is 7.11 Å². The summed E-state index contributed by atoms with van der Waals surface area (Å²) in [6.07, 6.45) is 5.90. The number of rotatable bonds is 19. The highest BCUT2D eigenvalue weighted by atomic mass is 35.5. The molecular weight excluding hydrogens is 1730 g/mol. The molecule has 0 saturated heterocycles. The molecule has 580 valence electrons. The number of carbonyl (C=O) groups is 5. The van der Waals surface area contributed by atoms with Crippen LogP contribution in [0.5, 0.6) is 0 Å². The van der Waals surface area contributed by atoms with Gasteiger partial charge in [0, 0.05) is 57.6 Å². The molecule has 12 aromatic rings. The molecule has 0 radical (unpaired) electrons. The van der Waals surface area contributed by atoms with Crippen LogP contribution in [0, 0.1) is 39.8 Å². The van der Waals surface area contributed by atoms with Crippen molar-refractivity contribution in [2.45, 2.75) is 37.4 Å². The summed E-state index contributed by atoms with van der Waals surface area (Å²) in [6, 6.07) is 55.3. The van der Waals surface area contributed by atoms with Gasteiger partial charge < -0.3 is 31.1 Å². The first-order valence-electron chi connectivity index (χ1n) is 33.2. The van der Waals surface area contributed by atoms with Crippen LogP contribution in [-0.4, -0.2) is 61.8 Å². The molecule has 8 aromatic carbocycles. The highest BCUT2D eigenvalue weighted by Crippen LogP contribution is 2.34. The Morgan fingerprint density at radius 1 is 0.374 bits per heavy atom. The molecule has 0 spiro atoms. The third-order valence-electron chi connectivity index (χ3n) is 16.5. The van der Waals surface area contributed by atoms with Gasteiger partial charge in [-0.15, -0.1) is 0 Å². The highest BCUT2D eigenvalue weighted by molar-refractivity contribution is 6.43. The Labute approximate surface area is 716 Å². The smallest absolute Gasteiger partial charge is 0.339 e. The molecule has 4 heterocycles. The van der Waals surface area contributed by atoms with Gasteiger partial charge in [-0.25, -0.2) is 13.6 Å². The van der Waals surface area contributed by atoms with Gasteiger partial charge in [0.1, 0.15) is 30.7 Å². The van der Waals surface area contributed by atoms with Crippen LogP contribution in [0.4, 0.5) is 8.78 Å². The molecule has 0 aliphatic rings. The van der Waals surface area contributed by atoms with Gasteiger partial charge in [0.25, 0.3) is 23.6 Å². The van der Waals surface area contributed by atoms with Gasteiger partial charge in [0.15, 0.2) is 0 Å². The number of pyridine rings is 4. The second-order valence-corrected chi connectivity index (χ2v) is 29.1. The van der Waals surface area contributed by atoms with Gasteiger partial charge in [-0.1, -0.05) is 182 Å². The number of nitrogens with zero attached hydrogens (tertiary/aromatic N) is 7. The number of hydrogen-bond acceptors (Lipinski definition) is 14. The fourth-order valence-corrected chi connectivity index (χ4v) is 12.5. The topological polar surface area (TPSA) is 286 Å². The third-order valence-corrected chi connectivity index (χ3v) is 20.4. The number of alkyl halides is 1. The molecule has 4 aromatic heterocycles. The fraction of sp³-hybridized carbons (Fsp3) is 0.0843. The van der Waals surface area contributed by atoms with Crippen LogP contribution in [0.15, 0.2) is 225 Å². The number of aliphatic hydroxyl groups excluding tert-OH is 1. The predicted octanol–water partition coefficient (Wildman–Crippen LogP) is 21.7. The molecule has 0 bridgehead atoms. The minimum absolute atomic E-state index is 0.0967. The van der Waals surface area contributed by atoms with Crippen molar-refractivity contribution in [1.82, 2.24) is 41.2 Å². The fourth-order valence-electron chi connectivity index (χ4n) is 10.6. The normalized spacial score (nSPS) is 11.6. The largest absolute Gasteiger partial charge is 0.465 e. The minimum atomic E-state index is -0.752. The Bertz CT molecular complexity index is 5490. The molecule has 32 heteroatoms. The van der Waals surface area contributed by atoms with Crippen molar-refractivity contribution in [1.29, 1.82) is 15.8 Å². The maximum absolute atomic E-state index is 13.8. The first-order valence-corrected chi connectivity index (χ1v) is 37.8. The molecule has 5 N–H and O–H groups in total. The molecule has 115 heavy (non-hydrogen) atoms. The van der Waals surface area contributed by atoms with Crippen LogP contribution in [0.2, 0.25) is 60.3 Å². The monoisotopic (exact) mass is 1770 g/mol. The Hall–Kier alpha value is -10.5. The van der Waals surface area contributed by atoms with E-state index < -0.39 is 66.3 Å². The summed E-state index contributed by atoms with van der Waals surface area (Å²) in [7, 11) is 1.25. The third kappa shape index (κ3) is 24.1. The van der Waals surface area contributed by atoms with Crippen molar-refractivity contribution >= 4 is 169 Å². The van der Waals surface area contributed by atoms with Crippen LogP contribution >= 0.6 is 139 Å². The Morgan fingerprint density at radius 3 is 1.02 bits per heavy atom. The number of halogens is 14. The van der Waals surface area contributed by atoms with E-state index in [1.807, 2.05) is 12.1 Å². The number of nitriles is 3. The lowest BCUT2D eigenvalue weighted by atomic mass is 10.0. The molecule has 0 fully saturated rings. The van der Waals surface area contributed by atoms with Crippen molar-refractivity contribution in [2.24, 2.45) is 0 Å². The van der Waals surface area contributed by atoms with Crippen LogP contribution in [0.3, 0.4) is 0 Å². The average molecular weight is 1780 g/mol. The Kier molecular flexibility index (Phi) is 32.4. The zero-order chi connectivity index (χ0) is 83.2. The summed E-state index contributed by atoms with van der Waals surface area (Å²) in [4.78, 5) is 80.2. The number of ether oxygens (including phenoxy) is 1. The summed E-state index contributed by atoms with van der Waals surface area (Å²) >= 11 is 72.5. The van der Waals surface area contributed by atoms with Gasteiger partial charge in [-0.05, 0) is 186 Å². The average Bonchev–Trinajstić information content (AvgIpc) is 0.817. The van der Waals surface area contributed by atoms with Gasteiger partial charge in [-0.3, -0.25) is 39.1 Å². The lowest BCUT2D eigenvalue weighted by Gasteiger charge is -2.20. The standard InChI is InChI=1S/C21H14Cl4N2O3.C21H13Cl3FN3O.C21H14Cl3N3O2.C20H12Cl2FN3O/c1-30-21(29)14-5-2-12(9-16(14)24)20(28)27-19(18-7-4-13(22)10-26-18)11-3-6-15(23)17(25)8-11;22-16-5-4-13(7-18(16)24)20(19-6-1-12(9-25)11-27-19)28-21(29)14-2-3-15(10-26)17(23)8-14;22-16-5-4-13(7-18(16)24)20(19-6-1-12(11-28)10-26-19)27-21(29)14-2-3-15(9-25)17(23)8-14;21-15-5-3-12(4-6-15)19(18-8-7-16(22)11-25-18)26-20(27)13-1-2-14(10-24)17(23)9-13/h2-10,19H,1H3,(H,27,28);1-8,11,20H,9H2,(H,28,29);1-8,10,20,28H,11H2,(H,27,29);1-9,11,19H,(H,26,27)/t19-;;;19-/m0..0/s1. The molecule has 0 saturated carbocycles. The van der Waals surface area contributed by atoms with Crippen molar-refractivity contribution in [3.63, 3.8) is 0 Å². The van der Waals surface area contributed by atoms with E-state index in [0.29, 0.717) is 101 Å². The van der Waals surface area contributed by atoms with E-state index in [-0.39, 0.29) is 60.6 Å². The number of hydrogen-bond donors (Lipinski definition) is 5. The maximum Gasteiger partial charge on any atom is 0.339 e. The number of methoxy groups -OCH3 is 1. The summed E-state index contributed by atoms with van der Waals surface area (Å²) in [5.41, 5.74) is 7.48. The zero-order valence-corrected chi connectivity index (χ0v) is 68.0. The second kappa shape index (κ2) is 42.2. The maximum atomic E-state index is 13.8. The molecule has 4 atom stereocenters. The van der Waals surface area contributed by atoms with E-state index in [0.717, 1.165) is 11.6 Å². The van der Waals surface area contributed by atoms with Crippen LogP contribution in [0.25, 0.3) is 0 Å². The Balaban J connectivity index is 0.000000176. The summed E-state index contributed by atoms with van der Waals surface area (Å²) in [5, 5.41) is 51.7. The summed E-state index contributed by atoms with van der Waals surface area (Å²) in [6.45, 7) is -0.776. The number of aromatic nitrogens is 4. The Morgan fingerprint density at radius 2 is 0.704 bits per heavy atom. The van der Waals surface area contributed by atoms with Gasteiger partial charge in [-0.2, -0.15) is 15.8 Å². The lowest BCUT2D eigenvalue weighted by Crippen LogP contribution is -2.30. The number of carbonyl (C=O) groups excluding carboxylic acids is 5. The van der Waals surface area contributed by atoms with Gasteiger partial charge in [0.05, 0.1) is 138 Å². The van der Waals surface area contributed by atoms with Crippen LogP contribution < -0.4 is 21.3 Å². The molecule has 12 rings (SSSR count). The van der Waals surface area contributed by atoms with Crippen molar-refractivity contribution in [3.8, 4) is 18.2 Å². The predicted molar refractivity (Wildman–Crippen MR) is 442 cm³/mol. The second-order valence-electron chi connectivity index (χ2n) is 24.1. The molecular formula is C83H53Cl12F2N11O7. The van der Waals surface area contributed by atoms with Crippen LogP contribution in [0.1, 0.15) is 149 Å². The van der Waals surface area contributed by atoms with E-state index >= 15 is 0 Å². The number of benzene rings is 8. The molecule has 4 amide bonds. The molecule has 2 unspecified atom stereocenters. The van der Waals surface area contributed by atoms with Gasteiger partial charge in [0.2, 0.25) is 0 Å². The summed E-state index contributed by atoms with van der Waals surface area (Å²) < 4.78 is 31.3. The lowest BCUT2D eigenvalue weighted by molar-refractivity contribution is 0.0600. The minimum Gasteiger partial charge on any atom is -0.465 e. The van der Waals surface area contributed by atoms with Gasteiger partial charge >= 0.3 is 5.97 Å². The SMILES string of the molecule is COC(=O)c1ccc(C(=O)N[C@@H](c2ccc(Cl)c(Cl)c2)c2ccc(Cl)cn2)cc1Cl.N#Cc1ccc(C(=O)NC(c2ccc(Cl)c(Cl)c2)c2ccc(CF)cn2)cc1Cl.N#Cc1ccc(C(=O)NC(c2ccc(Cl)c(Cl)c2)c2ccc(CO)cn2)cc1Cl.N#Cc1ccc(C(=O)N[C@@H](c2ccc(Cl)cc2)c2ccc(Cl)cn2)cc1F. The van der Waals surface area contributed by atoms with Crippen molar-refractivity contribution < 1.29 is 42.6 Å². The van der Waals surface area contributed by atoms with E-state index in [1.165, 1.54) is 98.6 Å². The van der Waals surface area contributed by atoms with E-state index in [9.17, 15) is 37.9 Å². The quantitative estimate of drug-likeness (QED) is 0.0471. The van der Waals surface area contributed by atoms with E-state index in [2.05, 4.69) is 45.9 Å². The number of amides is 4. The number of aliphatic hydroxyl groups is 1. The van der Waals surface area contributed by atoms with Crippen molar-refractivity contribution in [3.05, 3.63) is 392 Å². The molecule has 0 aliphatic heterocycles. The summed E-state index contributed by atoms with van der Waals surface area (Å²) in [5.74, 6) is -3.11. The molecule has 0 aliphatic carbocycles. The first-order chi connectivity index (χ1) is 55.1. The highest BCUT2D eigenvalue weighted by Gasteiger charge is 2.27. The molecule has 18 nitrogen and oxygen atoms in total. The number of esters is 1. The van der Waals surface area contributed by atoms with E-state index in [1.54, 1.807) is 133 Å². The number of nitrogens with one attached hydrogen (secondary N) is 4. The zero-order valence-electron chi connectivity index (χ0n) is 58.9. The van der Waals surface area contributed by atoms with E-state index in [4.69, 9.17) is 155 Å². The van der Waals surface area contributed by atoms with Crippen LogP contribution in [-0.2, 0) is 18.0 Å².